The average molecular weight is 473 g/mol. The fourth-order valence-corrected chi connectivity index (χ4v) is 2.80. The molecule has 0 aliphatic heterocycles. The number of ether oxygens (including phenoxy) is 3. The molecule has 0 aliphatic rings. The van der Waals surface area contributed by atoms with Crippen LogP contribution in [-0.2, 0) is 24.9 Å². The highest BCUT2D eigenvalue weighted by Crippen LogP contribution is 2.34. The Morgan fingerprint density at radius 3 is 2.12 bits per heavy atom. The Balaban J connectivity index is 2.15. The van der Waals surface area contributed by atoms with Gasteiger partial charge in [0.25, 0.3) is 0 Å². The van der Waals surface area contributed by atoms with E-state index in [1.807, 2.05) is 12.1 Å². The fraction of sp³-hybridized carbons (Fsp3) is 0.280. The normalized spacial score (nSPS) is 11.5. The van der Waals surface area contributed by atoms with Crippen LogP contribution < -0.4 is 14.2 Å². The van der Waals surface area contributed by atoms with Crippen LogP contribution in [0.4, 0.5) is 0 Å². The zero-order valence-electron chi connectivity index (χ0n) is 19.2. The molecule has 0 heterocycles. The summed E-state index contributed by atoms with van der Waals surface area (Å²) in [5, 5.41) is 0. The van der Waals surface area contributed by atoms with Crippen LogP contribution in [0, 0.1) is 5.92 Å². The van der Waals surface area contributed by atoms with Gasteiger partial charge in [-0.1, -0.05) is 45.2 Å². The summed E-state index contributed by atoms with van der Waals surface area (Å²) in [7, 11) is 0. The van der Waals surface area contributed by atoms with E-state index in [1.165, 1.54) is 6.92 Å². The number of esters is 2. The predicted molar refractivity (Wildman–Crippen MR) is 127 cm³/mol. The Kier molecular flexibility index (Phi) is 9.57. The number of benzene rings is 2. The molecule has 0 amide bonds. The lowest BCUT2D eigenvalue weighted by atomic mass is 10.0. The molecule has 0 radical (unpaired) electrons. The molecule has 2 aromatic rings. The summed E-state index contributed by atoms with van der Waals surface area (Å²) in [5.74, 6) is -0.509. The lowest BCUT2D eigenvalue weighted by Gasteiger charge is -2.14. The summed E-state index contributed by atoms with van der Waals surface area (Å²) in [5.41, 5.74) is 1.80. The van der Waals surface area contributed by atoms with Crippen LogP contribution in [0.1, 0.15) is 27.7 Å². The second-order valence-electron chi connectivity index (χ2n) is 7.54. The molecule has 0 N–H and O–H groups in total. The number of allylic oxidation sites excluding steroid dienone is 1. The van der Waals surface area contributed by atoms with Gasteiger partial charge in [-0.2, -0.15) is 0 Å². The van der Waals surface area contributed by atoms with Crippen molar-refractivity contribution < 1.29 is 32.2 Å². The highest BCUT2D eigenvalue weighted by molar-refractivity contribution is 7.84. The van der Waals surface area contributed by atoms with E-state index in [0.717, 1.165) is 11.1 Å². The average Bonchev–Trinajstić information content (AvgIpc) is 2.77. The molecule has 176 valence electrons. The number of rotatable bonds is 11. The first kappa shape index (κ1) is 26.0. The van der Waals surface area contributed by atoms with Gasteiger partial charge in [0.15, 0.2) is 22.6 Å². The Bertz CT molecular complexity index is 1050. The van der Waals surface area contributed by atoms with Crippen LogP contribution >= 0.6 is 0 Å². The minimum atomic E-state index is -1.52. The number of carbonyl (C=O) groups excluding carboxylic acids is 2. The van der Waals surface area contributed by atoms with E-state index in [0.29, 0.717) is 10.7 Å². The minimum Gasteiger partial charge on any atom is -0.491 e. The van der Waals surface area contributed by atoms with Crippen molar-refractivity contribution in [3.63, 3.8) is 0 Å². The number of hydrogen-bond donors (Lipinski definition) is 0. The summed E-state index contributed by atoms with van der Waals surface area (Å²) in [6.45, 7) is 14.1. The molecule has 2 rings (SSSR count). The van der Waals surface area contributed by atoms with Crippen LogP contribution in [0.3, 0.4) is 0 Å². The van der Waals surface area contributed by atoms with Crippen LogP contribution in [0.15, 0.2) is 66.1 Å². The lowest BCUT2D eigenvalue weighted by molar-refractivity contribution is -0.138. The largest absolute Gasteiger partial charge is 0.491 e. The third-order valence-electron chi connectivity index (χ3n) is 4.19. The molecule has 0 saturated carbocycles. The molecule has 0 saturated heterocycles. The van der Waals surface area contributed by atoms with Crippen molar-refractivity contribution in [3.8, 4) is 28.4 Å². The monoisotopic (exact) mass is 472 g/mol. The Morgan fingerprint density at radius 2 is 1.55 bits per heavy atom. The topological polar surface area (TPSA) is 88.1 Å². The Labute approximate surface area is 196 Å². The van der Waals surface area contributed by atoms with Crippen molar-refractivity contribution in [3.05, 3.63) is 66.1 Å². The second kappa shape index (κ2) is 12.1. The SMILES string of the molecule is C=C(C)C(=O)Oc1cc(-c2ccc(OCCOS(=O)C(=C)C)cc2)ccc1OC(=O)C(C)C. The first-order chi connectivity index (χ1) is 15.6. The van der Waals surface area contributed by atoms with Crippen molar-refractivity contribution in [2.24, 2.45) is 5.92 Å². The van der Waals surface area contributed by atoms with Crippen LogP contribution in [0.5, 0.6) is 17.2 Å². The van der Waals surface area contributed by atoms with Gasteiger partial charge in [0, 0.05) is 10.5 Å². The molecule has 8 heteroatoms. The maximum absolute atomic E-state index is 12.1. The molecule has 0 aromatic heterocycles. The third kappa shape index (κ3) is 8.00. The summed E-state index contributed by atoms with van der Waals surface area (Å²) >= 11 is -1.52. The van der Waals surface area contributed by atoms with Crippen molar-refractivity contribution >= 4 is 23.0 Å². The second-order valence-corrected chi connectivity index (χ2v) is 8.94. The molecular formula is C25H28O7S. The molecule has 1 unspecified atom stereocenters. The predicted octanol–water partition coefficient (Wildman–Crippen LogP) is 4.99. The van der Waals surface area contributed by atoms with Gasteiger partial charge in [0.2, 0.25) is 0 Å². The maximum atomic E-state index is 12.1. The molecule has 0 spiro atoms. The van der Waals surface area contributed by atoms with Gasteiger partial charge in [-0.05, 0) is 49.2 Å². The van der Waals surface area contributed by atoms with E-state index >= 15 is 0 Å². The highest BCUT2D eigenvalue weighted by atomic mass is 32.2. The van der Waals surface area contributed by atoms with Crippen LogP contribution in [0.2, 0.25) is 0 Å². The Hall–Kier alpha value is -3.23. The van der Waals surface area contributed by atoms with E-state index in [1.54, 1.807) is 51.1 Å². The van der Waals surface area contributed by atoms with Gasteiger partial charge in [-0.15, -0.1) is 0 Å². The van der Waals surface area contributed by atoms with Crippen LogP contribution in [0.25, 0.3) is 11.1 Å². The summed E-state index contributed by atoms with van der Waals surface area (Å²) < 4.78 is 32.9. The first-order valence-corrected chi connectivity index (χ1v) is 11.3. The van der Waals surface area contributed by atoms with Crippen molar-refractivity contribution in [2.75, 3.05) is 13.2 Å². The van der Waals surface area contributed by atoms with Gasteiger partial charge in [-0.25, -0.2) is 9.00 Å². The molecule has 0 aliphatic carbocycles. The van der Waals surface area contributed by atoms with E-state index in [4.69, 9.17) is 18.4 Å². The molecule has 0 bridgehead atoms. The van der Waals surface area contributed by atoms with E-state index < -0.39 is 23.0 Å². The zero-order chi connectivity index (χ0) is 24.5. The summed E-state index contributed by atoms with van der Waals surface area (Å²) in [6, 6.07) is 12.2. The van der Waals surface area contributed by atoms with Crippen molar-refractivity contribution in [2.45, 2.75) is 27.7 Å². The van der Waals surface area contributed by atoms with Crippen molar-refractivity contribution in [1.82, 2.24) is 0 Å². The first-order valence-electron chi connectivity index (χ1n) is 10.3. The van der Waals surface area contributed by atoms with Gasteiger partial charge in [0.05, 0.1) is 12.5 Å². The lowest BCUT2D eigenvalue weighted by Crippen LogP contribution is -2.16. The highest BCUT2D eigenvalue weighted by Gasteiger charge is 2.17. The molecule has 33 heavy (non-hydrogen) atoms. The van der Waals surface area contributed by atoms with Gasteiger partial charge < -0.3 is 14.2 Å². The van der Waals surface area contributed by atoms with Gasteiger partial charge >= 0.3 is 11.9 Å². The minimum absolute atomic E-state index is 0.123. The van der Waals surface area contributed by atoms with Crippen LogP contribution in [-0.4, -0.2) is 29.4 Å². The standard InChI is InChI=1S/C25H28O7S/c1-16(2)24(26)31-22-12-9-20(15-23(22)32-25(27)17(3)4)19-7-10-21(11-8-19)29-13-14-30-33(28)18(5)6/h7-12,15-16H,3,5,13-14H2,1-2,4,6H3. The number of hydrogen-bond acceptors (Lipinski definition) is 7. The fourth-order valence-electron chi connectivity index (χ4n) is 2.38. The van der Waals surface area contributed by atoms with E-state index in [9.17, 15) is 13.8 Å². The zero-order valence-corrected chi connectivity index (χ0v) is 20.0. The van der Waals surface area contributed by atoms with E-state index in [2.05, 4.69) is 13.2 Å². The Morgan fingerprint density at radius 1 is 0.909 bits per heavy atom. The smallest absolute Gasteiger partial charge is 0.338 e. The van der Waals surface area contributed by atoms with E-state index in [-0.39, 0.29) is 36.2 Å². The van der Waals surface area contributed by atoms with Gasteiger partial charge in [-0.3, -0.25) is 8.98 Å². The molecule has 2 aromatic carbocycles. The molecular weight excluding hydrogens is 444 g/mol. The molecule has 0 fully saturated rings. The summed E-state index contributed by atoms with van der Waals surface area (Å²) in [4.78, 5) is 24.5. The molecule has 7 nitrogen and oxygen atoms in total. The van der Waals surface area contributed by atoms with Gasteiger partial charge in [0.1, 0.15) is 12.4 Å². The molecule has 1 atom stereocenters. The number of carbonyl (C=O) groups is 2. The third-order valence-corrected chi connectivity index (χ3v) is 5.14. The quantitative estimate of drug-likeness (QED) is 0.197. The summed E-state index contributed by atoms with van der Waals surface area (Å²) in [6.07, 6.45) is 0. The van der Waals surface area contributed by atoms with Crippen molar-refractivity contribution in [1.29, 1.82) is 0 Å². The maximum Gasteiger partial charge on any atom is 0.338 e.